The van der Waals surface area contributed by atoms with E-state index in [1.165, 1.54) is 49.6 Å². The van der Waals surface area contributed by atoms with Crippen LogP contribution in [-0.2, 0) is 14.8 Å². The van der Waals surface area contributed by atoms with Crippen molar-refractivity contribution in [2.45, 2.75) is 0 Å². The van der Waals surface area contributed by atoms with E-state index >= 15 is 0 Å². The number of anilines is 2. The second-order valence-corrected chi connectivity index (χ2v) is 7.18. The highest BCUT2D eigenvalue weighted by Crippen LogP contribution is 2.28. The number of carbonyl (C=O) groups is 1. The smallest absolute Gasteiger partial charge is 0.276 e. The van der Waals surface area contributed by atoms with E-state index in [-0.39, 0.29) is 17.1 Å². The lowest BCUT2D eigenvalue weighted by Crippen LogP contribution is -2.11. The molecule has 2 aromatic rings. The lowest BCUT2D eigenvalue weighted by molar-refractivity contribution is -0.385. The molecule has 1 amide bonds. The van der Waals surface area contributed by atoms with Crippen LogP contribution in [0.1, 0.15) is 5.56 Å². The van der Waals surface area contributed by atoms with E-state index in [0.717, 1.165) is 12.3 Å². The first-order valence-corrected chi connectivity index (χ1v) is 9.47. The van der Waals surface area contributed by atoms with E-state index < -0.39 is 20.9 Å². The Hall–Kier alpha value is -3.40. The number of rotatable bonds is 7. The molecule has 0 aliphatic rings. The lowest BCUT2D eigenvalue weighted by Gasteiger charge is -2.11. The van der Waals surface area contributed by atoms with Crippen molar-refractivity contribution < 1.29 is 22.9 Å². The zero-order valence-electron chi connectivity index (χ0n) is 14.5. The van der Waals surface area contributed by atoms with Gasteiger partial charge in [0.05, 0.1) is 29.5 Å². The van der Waals surface area contributed by atoms with Crippen LogP contribution in [0.15, 0.2) is 48.5 Å². The fraction of sp³-hybridized carbons (Fsp3) is 0.118. The molecule has 0 spiro atoms. The molecular formula is C17H17N3O6S. The molecule has 9 nitrogen and oxygen atoms in total. The summed E-state index contributed by atoms with van der Waals surface area (Å²) in [6.45, 7) is 0. The molecule has 27 heavy (non-hydrogen) atoms. The maximum atomic E-state index is 12.1. The predicted molar refractivity (Wildman–Crippen MR) is 102 cm³/mol. The molecule has 0 bridgehead atoms. The van der Waals surface area contributed by atoms with Crippen LogP contribution in [0, 0.1) is 10.1 Å². The second kappa shape index (κ2) is 8.32. The van der Waals surface area contributed by atoms with Crippen LogP contribution < -0.4 is 14.8 Å². The normalized spacial score (nSPS) is 11.2. The number of nitro benzene ring substituents is 1. The minimum absolute atomic E-state index is 0.112. The average molecular weight is 391 g/mol. The van der Waals surface area contributed by atoms with Crippen molar-refractivity contribution in [2.75, 3.05) is 23.4 Å². The van der Waals surface area contributed by atoms with Gasteiger partial charge in [-0.25, -0.2) is 8.42 Å². The standard InChI is InChI=1S/C17H17N3O6S/c1-26-16-11-13(8-9-14(16)19-27(2,24)25)18-17(21)10-7-12-5-3-4-6-15(12)20(22)23/h3-11,19H,1-2H3,(H,18,21)/b10-7+. The fourth-order valence-electron chi connectivity index (χ4n) is 2.20. The lowest BCUT2D eigenvalue weighted by atomic mass is 10.1. The largest absolute Gasteiger partial charge is 0.494 e. The summed E-state index contributed by atoms with van der Waals surface area (Å²) in [4.78, 5) is 22.5. The number of para-hydroxylation sites is 1. The van der Waals surface area contributed by atoms with Gasteiger partial charge in [0.25, 0.3) is 5.69 Å². The molecule has 0 heterocycles. The monoisotopic (exact) mass is 391 g/mol. The highest BCUT2D eigenvalue weighted by atomic mass is 32.2. The van der Waals surface area contributed by atoms with Gasteiger partial charge in [0.15, 0.2) is 0 Å². The van der Waals surface area contributed by atoms with E-state index in [0.29, 0.717) is 11.3 Å². The number of ether oxygens (including phenoxy) is 1. The molecule has 0 atom stereocenters. The summed E-state index contributed by atoms with van der Waals surface area (Å²) in [5, 5.41) is 13.5. The Kier molecular flexibility index (Phi) is 6.14. The molecule has 142 valence electrons. The minimum Gasteiger partial charge on any atom is -0.494 e. The van der Waals surface area contributed by atoms with Gasteiger partial charge in [0, 0.05) is 23.9 Å². The number of amides is 1. The van der Waals surface area contributed by atoms with Gasteiger partial charge in [-0.15, -0.1) is 0 Å². The summed E-state index contributed by atoms with van der Waals surface area (Å²) >= 11 is 0. The molecule has 0 radical (unpaired) electrons. The van der Waals surface area contributed by atoms with Crippen LogP contribution in [0.25, 0.3) is 6.08 Å². The quantitative estimate of drug-likeness (QED) is 0.424. The van der Waals surface area contributed by atoms with Crippen LogP contribution in [-0.4, -0.2) is 32.6 Å². The third kappa shape index (κ3) is 5.82. The van der Waals surface area contributed by atoms with E-state index in [2.05, 4.69) is 10.0 Å². The summed E-state index contributed by atoms with van der Waals surface area (Å²) < 4.78 is 30.1. The Balaban J connectivity index is 2.15. The summed E-state index contributed by atoms with van der Waals surface area (Å²) in [6, 6.07) is 10.4. The highest BCUT2D eigenvalue weighted by molar-refractivity contribution is 7.92. The SMILES string of the molecule is COc1cc(NC(=O)/C=C/c2ccccc2[N+](=O)[O-])ccc1NS(C)(=O)=O. The molecule has 0 saturated heterocycles. The molecule has 10 heteroatoms. The molecule has 2 rings (SSSR count). The van der Waals surface area contributed by atoms with Crippen molar-refractivity contribution in [2.24, 2.45) is 0 Å². The maximum Gasteiger partial charge on any atom is 0.276 e. The van der Waals surface area contributed by atoms with Crippen molar-refractivity contribution in [1.82, 2.24) is 0 Å². The van der Waals surface area contributed by atoms with Crippen LogP contribution >= 0.6 is 0 Å². The van der Waals surface area contributed by atoms with Gasteiger partial charge in [0.2, 0.25) is 15.9 Å². The van der Waals surface area contributed by atoms with Gasteiger partial charge in [-0.3, -0.25) is 19.6 Å². The van der Waals surface area contributed by atoms with E-state index in [4.69, 9.17) is 4.74 Å². The van der Waals surface area contributed by atoms with Crippen LogP contribution in [0.4, 0.5) is 17.1 Å². The molecule has 0 aliphatic carbocycles. The average Bonchev–Trinajstić information content (AvgIpc) is 2.60. The Morgan fingerprint density at radius 2 is 1.93 bits per heavy atom. The third-order valence-electron chi connectivity index (χ3n) is 3.31. The number of carbonyl (C=O) groups excluding carboxylic acids is 1. The minimum atomic E-state index is -3.48. The number of benzene rings is 2. The Bertz CT molecular complexity index is 1000. The molecular weight excluding hydrogens is 374 g/mol. The maximum absolute atomic E-state index is 12.1. The van der Waals surface area contributed by atoms with E-state index in [9.17, 15) is 23.3 Å². The molecule has 0 aliphatic heterocycles. The molecule has 2 aromatic carbocycles. The van der Waals surface area contributed by atoms with Crippen molar-refractivity contribution in [1.29, 1.82) is 0 Å². The summed E-state index contributed by atoms with van der Waals surface area (Å²) in [7, 11) is -2.12. The molecule has 0 fully saturated rings. The predicted octanol–water partition coefficient (Wildman–Crippen LogP) is 2.63. The zero-order chi connectivity index (χ0) is 20.0. The van der Waals surface area contributed by atoms with Crippen molar-refractivity contribution in [3.8, 4) is 5.75 Å². The number of nitrogens with one attached hydrogen (secondary N) is 2. The molecule has 0 unspecified atom stereocenters. The number of nitro groups is 1. The Morgan fingerprint density at radius 1 is 1.22 bits per heavy atom. The summed E-state index contributed by atoms with van der Waals surface area (Å²) in [5.74, 6) is -0.292. The van der Waals surface area contributed by atoms with Crippen molar-refractivity contribution in [3.63, 3.8) is 0 Å². The molecule has 0 saturated carbocycles. The number of hydrogen-bond acceptors (Lipinski definition) is 6. The van der Waals surface area contributed by atoms with Gasteiger partial charge in [0.1, 0.15) is 5.75 Å². The van der Waals surface area contributed by atoms with Crippen molar-refractivity contribution in [3.05, 3.63) is 64.2 Å². The number of sulfonamides is 1. The molecule has 2 N–H and O–H groups in total. The molecule has 0 aromatic heterocycles. The van der Waals surface area contributed by atoms with Gasteiger partial charge in [-0.1, -0.05) is 12.1 Å². The Morgan fingerprint density at radius 3 is 2.56 bits per heavy atom. The van der Waals surface area contributed by atoms with Crippen molar-refractivity contribution >= 4 is 39.1 Å². The topological polar surface area (TPSA) is 128 Å². The Labute approximate surface area is 155 Å². The van der Waals surface area contributed by atoms with Gasteiger partial charge < -0.3 is 10.1 Å². The van der Waals surface area contributed by atoms with Gasteiger partial charge in [-0.05, 0) is 24.3 Å². The first kappa shape index (κ1) is 19.9. The van der Waals surface area contributed by atoms with Crippen LogP contribution in [0.3, 0.4) is 0 Å². The van der Waals surface area contributed by atoms with Crippen LogP contribution in [0.5, 0.6) is 5.75 Å². The zero-order valence-corrected chi connectivity index (χ0v) is 15.3. The van der Waals surface area contributed by atoms with Gasteiger partial charge >= 0.3 is 0 Å². The van der Waals surface area contributed by atoms with E-state index in [1.807, 2.05) is 0 Å². The first-order chi connectivity index (χ1) is 12.7. The third-order valence-corrected chi connectivity index (χ3v) is 3.90. The number of hydrogen-bond donors (Lipinski definition) is 2. The van der Waals surface area contributed by atoms with E-state index in [1.54, 1.807) is 6.07 Å². The summed E-state index contributed by atoms with van der Waals surface area (Å²) in [5.41, 5.74) is 0.777. The van der Waals surface area contributed by atoms with Crippen LogP contribution in [0.2, 0.25) is 0 Å². The first-order valence-electron chi connectivity index (χ1n) is 7.58. The second-order valence-electron chi connectivity index (χ2n) is 5.43. The number of nitrogens with zero attached hydrogens (tertiary/aromatic N) is 1. The summed E-state index contributed by atoms with van der Waals surface area (Å²) in [6.07, 6.45) is 3.51. The van der Waals surface area contributed by atoms with Gasteiger partial charge in [-0.2, -0.15) is 0 Å². The highest BCUT2D eigenvalue weighted by Gasteiger charge is 2.11. The fourth-order valence-corrected chi connectivity index (χ4v) is 2.77. The number of methoxy groups -OCH3 is 1.